The second-order valence-electron chi connectivity index (χ2n) is 8.15. The highest BCUT2D eigenvalue weighted by Crippen LogP contribution is 2.44. The SMILES string of the molecule is CN1C(=O)C(C/C=C/c2cccc(F)c2)C(C)(c2cc(-c3cccc(C#N)c3)cs2)N=C1N. The van der Waals surface area contributed by atoms with Crippen molar-refractivity contribution in [2.75, 3.05) is 7.05 Å². The number of allylic oxidation sites excluding steroid dienone is 1. The molecule has 2 atom stereocenters. The summed E-state index contributed by atoms with van der Waals surface area (Å²) in [4.78, 5) is 20.3. The lowest BCUT2D eigenvalue weighted by molar-refractivity contribution is -0.133. The van der Waals surface area contributed by atoms with Crippen LogP contribution < -0.4 is 5.73 Å². The summed E-state index contributed by atoms with van der Waals surface area (Å²) in [5.41, 5.74) is 8.45. The molecule has 2 unspecified atom stereocenters. The maximum atomic E-state index is 13.5. The third-order valence-electron chi connectivity index (χ3n) is 5.95. The Kier molecular flexibility index (Phi) is 6.12. The second-order valence-corrected chi connectivity index (χ2v) is 9.06. The number of benzene rings is 2. The smallest absolute Gasteiger partial charge is 0.235 e. The van der Waals surface area contributed by atoms with Crippen molar-refractivity contribution >= 4 is 29.3 Å². The summed E-state index contributed by atoms with van der Waals surface area (Å²) in [6, 6.07) is 17.9. The molecule has 2 aromatic carbocycles. The molecule has 1 aromatic heterocycles. The van der Waals surface area contributed by atoms with Gasteiger partial charge in [-0.3, -0.25) is 9.69 Å². The van der Waals surface area contributed by atoms with Gasteiger partial charge in [0.15, 0.2) is 5.96 Å². The number of halogens is 1. The van der Waals surface area contributed by atoms with E-state index in [0.29, 0.717) is 12.0 Å². The van der Waals surface area contributed by atoms with E-state index in [9.17, 15) is 14.4 Å². The van der Waals surface area contributed by atoms with Crippen molar-refractivity contribution in [3.8, 4) is 17.2 Å². The number of guanidine groups is 1. The number of thiophene rings is 1. The molecule has 4 rings (SSSR count). The number of hydrogen-bond acceptors (Lipinski definition) is 5. The first kappa shape index (κ1) is 22.4. The Morgan fingerprint density at radius 1 is 1.24 bits per heavy atom. The number of carbonyl (C=O) groups excluding carboxylic acids is 1. The Morgan fingerprint density at radius 2 is 2.03 bits per heavy atom. The van der Waals surface area contributed by atoms with Gasteiger partial charge in [-0.2, -0.15) is 5.26 Å². The van der Waals surface area contributed by atoms with Crippen LogP contribution in [0.4, 0.5) is 4.39 Å². The largest absolute Gasteiger partial charge is 0.369 e. The van der Waals surface area contributed by atoms with E-state index in [1.165, 1.54) is 28.4 Å². The fourth-order valence-electron chi connectivity index (χ4n) is 4.01. The standard InChI is InChI=1S/C26H23FN4OS/c1-26(23-14-20(16-33-23)19-9-3-8-18(12-19)15-28)22(24(32)31(2)25(29)30-26)11-5-7-17-6-4-10-21(27)13-17/h3-10,12-14,16,22H,11H2,1-2H3,(H2,29,30)/b7-5+. The molecule has 1 aliphatic heterocycles. The minimum absolute atomic E-state index is 0.115. The van der Waals surface area contributed by atoms with Crippen LogP contribution in [0.2, 0.25) is 0 Å². The van der Waals surface area contributed by atoms with Crippen LogP contribution in [0.15, 0.2) is 71.0 Å². The van der Waals surface area contributed by atoms with Crippen molar-refractivity contribution in [1.82, 2.24) is 4.90 Å². The lowest BCUT2D eigenvalue weighted by Gasteiger charge is -2.39. The highest BCUT2D eigenvalue weighted by atomic mass is 32.1. The molecule has 7 heteroatoms. The quantitative estimate of drug-likeness (QED) is 0.574. The van der Waals surface area contributed by atoms with Gasteiger partial charge >= 0.3 is 0 Å². The van der Waals surface area contributed by atoms with E-state index in [-0.39, 0.29) is 17.7 Å². The molecule has 0 radical (unpaired) electrons. The molecule has 0 saturated heterocycles. The molecule has 166 valence electrons. The first-order valence-corrected chi connectivity index (χ1v) is 11.3. The van der Waals surface area contributed by atoms with E-state index in [4.69, 9.17) is 10.7 Å². The number of carbonyl (C=O) groups is 1. The van der Waals surface area contributed by atoms with Crippen molar-refractivity contribution in [3.05, 3.63) is 87.9 Å². The summed E-state index contributed by atoms with van der Waals surface area (Å²) in [5.74, 6) is -0.722. The lowest BCUT2D eigenvalue weighted by Crippen LogP contribution is -2.53. The predicted molar refractivity (Wildman–Crippen MR) is 130 cm³/mol. The first-order chi connectivity index (χ1) is 15.8. The van der Waals surface area contributed by atoms with Gasteiger partial charge in [0.05, 0.1) is 17.6 Å². The molecule has 2 N–H and O–H groups in total. The van der Waals surface area contributed by atoms with Crippen molar-refractivity contribution in [2.45, 2.75) is 18.9 Å². The molecular weight excluding hydrogens is 435 g/mol. The van der Waals surface area contributed by atoms with E-state index in [0.717, 1.165) is 21.6 Å². The van der Waals surface area contributed by atoms with Crippen LogP contribution in [0.1, 0.15) is 29.3 Å². The molecule has 1 aliphatic rings. The van der Waals surface area contributed by atoms with Gasteiger partial charge in [0.1, 0.15) is 11.4 Å². The van der Waals surface area contributed by atoms with Crippen molar-refractivity contribution in [2.24, 2.45) is 16.6 Å². The molecule has 0 spiro atoms. The van der Waals surface area contributed by atoms with Crippen molar-refractivity contribution in [1.29, 1.82) is 5.26 Å². The zero-order valence-electron chi connectivity index (χ0n) is 18.3. The lowest BCUT2D eigenvalue weighted by atomic mass is 9.79. The van der Waals surface area contributed by atoms with E-state index in [1.54, 1.807) is 19.2 Å². The molecule has 1 amide bonds. The predicted octanol–water partition coefficient (Wildman–Crippen LogP) is 5.15. The molecule has 2 heterocycles. The Hall–Kier alpha value is -3.76. The van der Waals surface area contributed by atoms with Gasteiger partial charge in [-0.05, 0) is 65.7 Å². The Labute approximate surface area is 196 Å². The number of rotatable bonds is 5. The zero-order valence-corrected chi connectivity index (χ0v) is 19.1. The van der Waals surface area contributed by atoms with Gasteiger partial charge in [0.2, 0.25) is 5.91 Å². The van der Waals surface area contributed by atoms with Crippen LogP contribution in [-0.2, 0) is 10.3 Å². The molecule has 5 nitrogen and oxygen atoms in total. The topological polar surface area (TPSA) is 82.5 Å². The number of nitrogens with two attached hydrogens (primary N) is 1. The number of nitrogens with zero attached hydrogens (tertiary/aromatic N) is 3. The summed E-state index contributed by atoms with van der Waals surface area (Å²) in [6.07, 6.45) is 4.11. The summed E-state index contributed by atoms with van der Waals surface area (Å²) in [6.45, 7) is 1.92. The van der Waals surface area contributed by atoms with Gasteiger partial charge < -0.3 is 5.73 Å². The Morgan fingerprint density at radius 3 is 2.79 bits per heavy atom. The molecule has 33 heavy (non-hydrogen) atoms. The Bertz CT molecular complexity index is 1310. The van der Waals surface area contributed by atoms with Gasteiger partial charge in [-0.25, -0.2) is 9.38 Å². The first-order valence-electron chi connectivity index (χ1n) is 10.5. The van der Waals surface area contributed by atoms with Crippen LogP contribution in [0, 0.1) is 23.1 Å². The van der Waals surface area contributed by atoms with Gasteiger partial charge in [0, 0.05) is 11.9 Å². The Balaban J connectivity index is 1.68. The maximum absolute atomic E-state index is 13.5. The van der Waals surface area contributed by atoms with Gasteiger partial charge in [-0.15, -0.1) is 11.3 Å². The van der Waals surface area contributed by atoms with Crippen molar-refractivity contribution in [3.63, 3.8) is 0 Å². The number of amides is 1. The summed E-state index contributed by atoms with van der Waals surface area (Å²) < 4.78 is 13.5. The normalized spacial score (nSPS) is 20.7. The van der Waals surface area contributed by atoms with E-state index >= 15 is 0 Å². The van der Waals surface area contributed by atoms with Crippen LogP contribution in [0.5, 0.6) is 0 Å². The fourth-order valence-corrected chi connectivity index (χ4v) is 5.09. The summed E-state index contributed by atoms with van der Waals surface area (Å²) >= 11 is 1.51. The minimum Gasteiger partial charge on any atom is -0.369 e. The average molecular weight is 459 g/mol. The monoisotopic (exact) mass is 458 g/mol. The number of hydrogen-bond donors (Lipinski definition) is 1. The highest BCUT2D eigenvalue weighted by molar-refractivity contribution is 7.10. The molecule has 0 aliphatic carbocycles. The van der Waals surface area contributed by atoms with Crippen LogP contribution in [0.25, 0.3) is 17.2 Å². The maximum Gasteiger partial charge on any atom is 0.235 e. The fraction of sp³-hybridized carbons (Fsp3) is 0.192. The van der Waals surface area contributed by atoms with Gasteiger partial charge in [0.25, 0.3) is 0 Å². The second kappa shape index (κ2) is 9.00. The van der Waals surface area contributed by atoms with Crippen LogP contribution in [-0.4, -0.2) is 23.8 Å². The highest BCUT2D eigenvalue weighted by Gasteiger charge is 2.46. The van der Waals surface area contributed by atoms with E-state index < -0.39 is 11.5 Å². The number of aliphatic imine (C=N–C) groups is 1. The van der Waals surface area contributed by atoms with Crippen LogP contribution >= 0.6 is 11.3 Å². The minimum atomic E-state index is -0.851. The number of nitriles is 1. The van der Waals surface area contributed by atoms with E-state index in [1.807, 2.05) is 54.8 Å². The summed E-state index contributed by atoms with van der Waals surface area (Å²) in [7, 11) is 1.62. The average Bonchev–Trinajstić information content (AvgIpc) is 3.31. The molecular formula is C26H23FN4OS. The molecule has 3 aromatic rings. The van der Waals surface area contributed by atoms with Crippen LogP contribution in [0.3, 0.4) is 0 Å². The molecule has 0 saturated carbocycles. The molecule has 0 fully saturated rings. The van der Waals surface area contributed by atoms with E-state index in [2.05, 4.69) is 6.07 Å². The van der Waals surface area contributed by atoms with Gasteiger partial charge in [-0.1, -0.05) is 36.4 Å². The third kappa shape index (κ3) is 4.43. The molecule has 0 bridgehead atoms. The summed E-state index contributed by atoms with van der Waals surface area (Å²) in [5, 5.41) is 11.2. The third-order valence-corrected chi connectivity index (χ3v) is 7.11. The zero-order chi connectivity index (χ0) is 23.6. The van der Waals surface area contributed by atoms with Crippen molar-refractivity contribution < 1.29 is 9.18 Å².